The molecule has 0 aromatic heterocycles. The predicted octanol–water partition coefficient (Wildman–Crippen LogP) is 2.77. The highest BCUT2D eigenvalue weighted by atomic mass is 32.2. The molecule has 4 rings (SSSR count). The number of carbonyl (C=O) groups excluding carboxylic acids is 1. The summed E-state index contributed by atoms with van der Waals surface area (Å²) in [5.74, 6) is 2.02. The van der Waals surface area contributed by atoms with Crippen LogP contribution >= 0.6 is 11.8 Å². The van der Waals surface area contributed by atoms with Crippen molar-refractivity contribution in [3.63, 3.8) is 0 Å². The van der Waals surface area contributed by atoms with E-state index in [-0.39, 0.29) is 5.91 Å². The molecule has 0 unspecified atom stereocenters. The van der Waals surface area contributed by atoms with Gasteiger partial charge in [-0.15, -0.1) is 5.10 Å². The van der Waals surface area contributed by atoms with Crippen LogP contribution in [0.5, 0.6) is 11.5 Å². The number of nitrogens with one attached hydrogen (secondary N) is 1. The normalized spacial score (nSPS) is 17.2. The van der Waals surface area contributed by atoms with Gasteiger partial charge < -0.3 is 9.47 Å². The molecule has 0 radical (unpaired) electrons. The van der Waals surface area contributed by atoms with Crippen LogP contribution in [0.15, 0.2) is 52.6 Å². The molecule has 0 saturated heterocycles. The maximum Gasteiger partial charge on any atom is 0.276 e. The van der Waals surface area contributed by atoms with Crippen LogP contribution in [0.25, 0.3) is 5.70 Å². The molecule has 2 heterocycles. The molecular weight excluding hydrogens is 412 g/mol. The van der Waals surface area contributed by atoms with E-state index in [1.165, 1.54) is 0 Å². The fourth-order valence-corrected chi connectivity index (χ4v) is 4.48. The second-order valence-corrected chi connectivity index (χ2v) is 8.20. The first-order valence-corrected chi connectivity index (χ1v) is 11.4. The van der Waals surface area contributed by atoms with E-state index < -0.39 is 6.17 Å². The summed E-state index contributed by atoms with van der Waals surface area (Å²) in [7, 11) is 1.61. The molecule has 2 aliphatic heterocycles. The molecule has 2 aliphatic rings. The Hall–Kier alpha value is -3.00. The minimum atomic E-state index is -0.483. The number of rotatable bonds is 7. The molecule has 0 saturated carbocycles. The summed E-state index contributed by atoms with van der Waals surface area (Å²) >= 11 is 1.55. The lowest BCUT2D eigenvalue weighted by Crippen LogP contribution is -2.50. The Morgan fingerprint density at radius 3 is 2.77 bits per heavy atom. The van der Waals surface area contributed by atoms with Crippen molar-refractivity contribution in [3.8, 4) is 11.5 Å². The fourth-order valence-electron chi connectivity index (χ4n) is 3.54. The van der Waals surface area contributed by atoms with Gasteiger partial charge in [-0.2, -0.15) is 0 Å². The molecule has 31 heavy (non-hydrogen) atoms. The van der Waals surface area contributed by atoms with Crippen molar-refractivity contribution in [1.82, 2.24) is 10.3 Å². The number of benzene rings is 2. The number of thioether (sulfide) groups is 1. The zero-order valence-corrected chi connectivity index (χ0v) is 18.7. The molecule has 2 aromatic carbocycles. The lowest BCUT2D eigenvalue weighted by Gasteiger charge is -2.34. The Kier molecular flexibility index (Phi) is 6.46. The third-order valence-corrected chi connectivity index (χ3v) is 5.99. The van der Waals surface area contributed by atoms with E-state index in [2.05, 4.69) is 12.2 Å². The number of fused-ring (bicyclic) bond motifs is 2. The molecule has 0 fully saturated rings. The van der Waals surface area contributed by atoms with E-state index in [0.29, 0.717) is 29.0 Å². The number of methoxy groups -OCH3 is 1. The number of ether oxygens (including phenoxy) is 2. The van der Waals surface area contributed by atoms with Gasteiger partial charge in [0.1, 0.15) is 5.70 Å². The quantitative estimate of drug-likeness (QED) is 0.673. The molecule has 2 aromatic rings. The summed E-state index contributed by atoms with van der Waals surface area (Å²) in [6, 6.07) is 13.4. The maximum atomic E-state index is 13.1. The molecule has 162 valence electrons. The highest BCUT2D eigenvalue weighted by Crippen LogP contribution is 2.36. The molecular formula is C23H26N4O3S. The van der Waals surface area contributed by atoms with E-state index in [1.807, 2.05) is 49.4 Å². The highest BCUT2D eigenvalue weighted by molar-refractivity contribution is 8.13. The van der Waals surface area contributed by atoms with E-state index in [9.17, 15) is 4.79 Å². The summed E-state index contributed by atoms with van der Waals surface area (Å²) < 4.78 is 11.2. The first-order chi connectivity index (χ1) is 15.2. The number of para-hydroxylation sites is 1. The first-order valence-electron chi connectivity index (χ1n) is 10.5. The van der Waals surface area contributed by atoms with Crippen LogP contribution in [0.2, 0.25) is 0 Å². The van der Waals surface area contributed by atoms with Crippen LogP contribution in [0.4, 0.5) is 0 Å². The van der Waals surface area contributed by atoms with Gasteiger partial charge in [0.15, 0.2) is 22.8 Å². The standard InChI is InChI=1S/C23H26N4O3S/c1-4-6-13-31-23-25-22(28)20-16-9-7-8-10-17(16)24-21(27(20)26-23)15-11-12-18(29-3)19(14-15)30-5-2/h7-12,14,21H,4-6,13H2,1-3H3,(H,25,26,28)/t21-/m1/s1. The number of amides is 1. The molecule has 1 atom stereocenters. The van der Waals surface area contributed by atoms with Crippen molar-refractivity contribution in [2.45, 2.75) is 32.9 Å². The number of unbranched alkanes of at least 4 members (excludes halogenated alkanes) is 1. The van der Waals surface area contributed by atoms with Gasteiger partial charge in [0, 0.05) is 16.5 Å². The highest BCUT2D eigenvalue weighted by Gasteiger charge is 2.34. The lowest BCUT2D eigenvalue weighted by atomic mass is 10.1. The first kappa shape index (κ1) is 21.2. The number of hydrogen-bond acceptors (Lipinski definition) is 7. The van der Waals surface area contributed by atoms with Crippen molar-refractivity contribution in [2.24, 2.45) is 10.1 Å². The van der Waals surface area contributed by atoms with Gasteiger partial charge in [0.05, 0.1) is 19.1 Å². The third-order valence-electron chi connectivity index (χ3n) is 5.04. The second-order valence-electron chi connectivity index (χ2n) is 7.12. The monoisotopic (exact) mass is 438 g/mol. The number of hydrazone groups is 1. The minimum absolute atomic E-state index is 0.167. The van der Waals surface area contributed by atoms with E-state index >= 15 is 0 Å². The lowest BCUT2D eigenvalue weighted by molar-refractivity contribution is -0.116. The number of carbonyl (C=O) groups is 1. The average Bonchev–Trinajstić information content (AvgIpc) is 2.78. The van der Waals surface area contributed by atoms with E-state index in [0.717, 1.165) is 34.7 Å². The van der Waals surface area contributed by atoms with Crippen molar-refractivity contribution in [1.29, 1.82) is 0 Å². The van der Waals surface area contributed by atoms with Crippen LogP contribution in [-0.2, 0) is 4.79 Å². The predicted molar refractivity (Wildman–Crippen MR) is 122 cm³/mol. The van der Waals surface area contributed by atoms with Crippen LogP contribution in [0.1, 0.15) is 38.4 Å². The van der Waals surface area contributed by atoms with Gasteiger partial charge in [-0.05, 0) is 31.5 Å². The zero-order valence-electron chi connectivity index (χ0n) is 17.9. The summed E-state index contributed by atoms with van der Waals surface area (Å²) in [4.78, 5) is 18.0. The smallest absolute Gasteiger partial charge is 0.276 e. The Bertz CT molecular complexity index is 1130. The van der Waals surface area contributed by atoms with E-state index in [1.54, 1.807) is 23.9 Å². The summed E-state index contributed by atoms with van der Waals surface area (Å²) in [5, 5.41) is 11.6. The van der Waals surface area contributed by atoms with E-state index in [4.69, 9.17) is 19.6 Å². The van der Waals surface area contributed by atoms with Crippen LogP contribution in [-0.4, -0.2) is 35.6 Å². The van der Waals surface area contributed by atoms with Gasteiger partial charge in [-0.3, -0.25) is 15.1 Å². The molecule has 1 N–H and O–H groups in total. The SMILES string of the molecule is CCCCSC1=NN2C(=c3ccccc3=N[C@H]2c2ccc(OC)c(OCC)c2)C(=O)N1. The number of nitrogens with zero attached hydrogens (tertiary/aromatic N) is 3. The molecule has 8 heteroatoms. The van der Waals surface area contributed by atoms with Crippen molar-refractivity contribution < 1.29 is 14.3 Å². The van der Waals surface area contributed by atoms with Gasteiger partial charge in [0.2, 0.25) is 0 Å². The minimum Gasteiger partial charge on any atom is -0.493 e. The summed E-state index contributed by atoms with van der Waals surface area (Å²) in [6.45, 7) is 4.59. The van der Waals surface area contributed by atoms with Crippen LogP contribution < -0.4 is 25.4 Å². The van der Waals surface area contributed by atoms with Crippen molar-refractivity contribution in [3.05, 3.63) is 58.6 Å². The second kappa shape index (κ2) is 9.43. The molecule has 7 nitrogen and oxygen atoms in total. The molecule has 0 bridgehead atoms. The largest absolute Gasteiger partial charge is 0.493 e. The Labute approximate surface area is 185 Å². The maximum absolute atomic E-state index is 13.1. The average molecular weight is 439 g/mol. The van der Waals surface area contributed by atoms with Crippen molar-refractivity contribution >= 4 is 28.5 Å². The molecule has 0 aliphatic carbocycles. The Balaban J connectivity index is 1.83. The van der Waals surface area contributed by atoms with Crippen LogP contribution in [0.3, 0.4) is 0 Å². The topological polar surface area (TPSA) is 75.5 Å². The number of hydrogen-bond donors (Lipinski definition) is 1. The molecule has 1 amide bonds. The number of amidine groups is 1. The van der Waals surface area contributed by atoms with Gasteiger partial charge in [-0.1, -0.05) is 49.4 Å². The van der Waals surface area contributed by atoms with Gasteiger partial charge in [-0.25, -0.2) is 5.01 Å². The summed E-state index contributed by atoms with van der Waals surface area (Å²) in [5.41, 5.74) is 1.37. The van der Waals surface area contributed by atoms with Gasteiger partial charge >= 0.3 is 0 Å². The Morgan fingerprint density at radius 1 is 1.16 bits per heavy atom. The fraction of sp³-hybridized carbons (Fsp3) is 0.348. The zero-order chi connectivity index (χ0) is 21.8. The third kappa shape index (κ3) is 4.25. The summed E-state index contributed by atoms with van der Waals surface area (Å²) in [6.07, 6.45) is 1.66. The molecule has 0 spiro atoms. The van der Waals surface area contributed by atoms with Crippen molar-refractivity contribution in [2.75, 3.05) is 19.5 Å². The van der Waals surface area contributed by atoms with Crippen LogP contribution in [0, 0.1) is 0 Å². The Morgan fingerprint density at radius 2 is 2.00 bits per heavy atom. The van der Waals surface area contributed by atoms with Gasteiger partial charge in [0.25, 0.3) is 5.91 Å².